The highest BCUT2D eigenvalue weighted by Crippen LogP contribution is 2.23. The molecule has 0 heterocycles. The number of benzene rings is 1. The van der Waals surface area contributed by atoms with Crippen LogP contribution in [0, 0.1) is 0 Å². The Kier molecular flexibility index (Phi) is 8.80. The molecule has 19 heavy (non-hydrogen) atoms. The van der Waals surface area contributed by atoms with Crippen molar-refractivity contribution in [2.45, 2.75) is 19.4 Å². The molecule has 1 rings (SSSR count). The number of nitrogens with zero attached hydrogens (tertiary/aromatic N) is 1. The summed E-state index contributed by atoms with van der Waals surface area (Å²) in [5, 5.41) is 0. The van der Waals surface area contributed by atoms with Gasteiger partial charge < -0.3 is 15.4 Å². The Balaban J connectivity index is 0.00000324. The van der Waals surface area contributed by atoms with Gasteiger partial charge in [0.15, 0.2) is 0 Å². The highest BCUT2D eigenvalue weighted by molar-refractivity contribution is 9.10. The molecule has 0 aliphatic heterocycles. The fourth-order valence-corrected chi connectivity index (χ4v) is 1.79. The zero-order valence-electron chi connectivity index (χ0n) is 11.1. The SMILES string of the molecule is CC(CN)N(C)C(=O)CCOc1ccccc1Br.Cl. The average Bonchev–Trinajstić information content (AvgIpc) is 2.39. The number of ether oxygens (including phenoxy) is 1. The topological polar surface area (TPSA) is 55.6 Å². The molecule has 0 saturated heterocycles. The molecule has 1 aromatic carbocycles. The van der Waals surface area contributed by atoms with Gasteiger partial charge in [-0.3, -0.25) is 4.79 Å². The van der Waals surface area contributed by atoms with Gasteiger partial charge in [0.25, 0.3) is 0 Å². The van der Waals surface area contributed by atoms with Crippen molar-refractivity contribution < 1.29 is 9.53 Å². The Labute approximate surface area is 128 Å². The van der Waals surface area contributed by atoms with E-state index >= 15 is 0 Å². The van der Waals surface area contributed by atoms with E-state index in [0.717, 1.165) is 10.2 Å². The maximum Gasteiger partial charge on any atom is 0.226 e. The monoisotopic (exact) mass is 350 g/mol. The van der Waals surface area contributed by atoms with Crippen molar-refractivity contribution in [1.29, 1.82) is 0 Å². The quantitative estimate of drug-likeness (QED) is 0.856. The van der Waals surface area contributed by atoms with E-state index < -0.39 is 0 Å². The molecule has 0 spiro atoms. The van der Waals surface area contributed by atoms with Crippen molar-refractivity contribution in [3.63, 3.8) is 0 Å². The molecule has 4 nitrogen and oxygen atoms in total. The minimum absolute atomic E-state index is 0. The summed E-state index contributed by atoms with van der Waals surface area (Å²) in [4.78, 5) is 13.5. The van der Waals surface area contributed by atoms with E-state index in [1.165, 1.54) is 0 Å². The summed E-state index contributed by atoms with van der Waals surface area (Å²) in [7, 11) is 1.76. The van der Waals surface area contributed by atoms with Gasteiger partial charge in [0.2, 0.25) is 5.91 Å². The number of nitrogens with two attached hydrogens (primary N) is 1. The van der Waals surface area contributed by atoms with Gasteiger partial charge in [-0.2, -0.15) is 0 Å². The van der Waals surface area contributed by atoms with Crippen LogP contribution in [0.3, 0.4) is 0 Å². The van der Waals surface area contributed by atoms with Crippen LogP contribution >= 0.6 is 28.3 Å². The summed E-state index contributed by atoms with van der Waals surface area (Å²) in [6.07, 6.45) is 0.349. The van der Waals surface area contributed by atoms with Crippen molar-refractivity contribution in [1.82, 2.24) is 4.90 Å². The van der Waals surface area contributed by atoms with Crippen molar-refractivity contribution in [2.24, 2.45) is 5.73 Å². The molecule has 1 atom stereocenters. The first-order valence-electron chi connectivity index (χ1n) is 5.89. The van der Waals surface area contributed by atoms with Gasteiger partial charge >= 0.3 is 0 Å². The van der Waals surface area contributed by atoms with Gasteiger partial charge in [0.05, 0.1) is 17.5 Å². The van der Waals surface area contributed by atoms with E-state index in [1.807, 2.05) is 31.2 Å². The Morgan fingerprint density at radius 1 is 1.47 bits per heavy atom. The minimum Gasteiger partial charge on any atom is -0.492 e. The second kappa shape index (κ2) is 9.18. The molecule has 1 amide bonds. The van der Waals surface area contributed by atoms with Gasteiger partial charge in [-0.15, -0.1) is 12.4 Å². The lowest BCUT2D eigenvalue weighted by Gasteiger charge is -2.23. The van der Waals surface area contributed by atoms with Crippen LogP contribution in [-0.4, -0.2) is 37.0 Å². The van der Waals surface area contributed by atoms with Crippen molar-refractivity contribution >= 4 is 34.2 Å². The molecule has 0 aliphatic rings. The molecule has 0 radical (unpaired) electrons. The molecular weight excluding hydrogens is 332 g/mol. The van der Waals surface area contributed by atoms with Gasteiger partial charge in [0, 0.05) is 19.6 Å². The number of carbonyl (C=O) groups is 1. The first kappa shape index (κ1) is 18.2. The lowest BCUT2D eigenvalue weighted by molar-refractivity contribution is -0.132. The van der Waals surface area contributed by atoms with E-state index in [0.29, 0.717) is 19.6 Å². The highest BCUT2D eigenvalue weighted by atomic mass is 79.9. The summed E-state index contributed by atoms with van der Waals surface area (Å²) < 4.78 is 6.44. The number of likely N-dealkylation sites (N-methyl/N-ethyl adjacent to an activating group) is 1. The van der Waals surface area contributed by atoms with Gasteiger partial charge in [-0.25, -0.2) is 0 Å². The maximum absolute atomic E-state index is 11.8. The predicted octanol–water partition coefficient (Wildman–Crippen LogP) is 2.45. The van der Waals surface area contributed by atoms with Crippen LogP contribution in [0.15, 0.2) is 28.7 Å². The Bertz CT molecular complexity index is 404. The standard InChI is InChI=1S/C13H19BrN2O2.ClH/c1-10(9-15)16(2)13(17)7-8-18-12-6-4-3-5-11(12)14;/h3-6,10H,7-9,15H2,1-2H3;1H. The number of hydrogen-bond acceptors (Lipinski definition) is 3. The van der Waals surface area contributed by atoms with Crippen LogP contribution < -0.4 is 10.5 Å². The number of carbonyl (C=O) groups excluding carboxylic acids is 1. The van der Waals surface area contributed by atoms with E-state index in [2.05, 4.69) is 15.9 Å². The van der Waals surface area contributed by atoms with Crippen LogP contribution in [0.25, 0.3) is 0 Å². The third-order valence-electron chi connectivity index (χ3n) is 2.81. The van der Waals surface area contributed by atoms with Crippen molar-refractivity contribution in [3.05, 3.63) is 28.7 Å². The summed E-state index contributed by atoms with van der Waals surface area (Å²) in [5.41, 5.74) is 5.52. The fourth-order valence-electron chi connectivity index (χ4n) is 1.39. The zero-order chi connectivity index (χ0) is 13.5. The first-order chi connectivity index (χ1) is 8.56. The summed E-state index contributed by atoms with van der Waals surface area (Å²) in [6.45, 7) is 2.75. The van der Waals surface area contributed by atoms with Crippen LogP contribution in [0.4, 0.5) is 0 Å². The lowest BCUT2D eigenvalue weighted by Crippen LogP contribution is -2.40. The molecular formula is C13H20BrClN2O2. The Morgan fingerprint density at radius 2 is 2.11 bits per heavy atom. The van der Waals surface area contributed by atoms with Crippen molar-refractivity contribution in [2.75, 3.05) is 20.2 Å². The van der Waals surface area contributed by atoms with Crippen LogP contribution in [0.2, 0.25) is 0 Å². The van der Waals surface area contributed by atoms with E-state index in [9.17, 15) is 4.79 Å². The maximum atomic E-state index is 11.8. The molecule has 0 fully saturated rings. The number of amides is 1. The Hall–Kier alpha value is -0.780. The first-order valence-corrected chi connectivity index (χ1v) is 6.68. The molecule has 1 unspecified atom stereocenters. The molecule has 6 heteroatoms. The van der Waals surface area contributed by atoms with Gasteiger partial charge in [0.1, 0.15) is 5.75 Å². The molecule has 2 N–H and O–H groups in total. The van der Waals surface area contributed by atoms with Gasteiger partial charge in [-0.1, -0.05) is 12.1 Å². The number of halogens is 2. The molecule has 0 saturated carbocycles. The third kappa shape index (κ3) is 5.80. The molecule has 0 aromatic heterocycles. The average molecular weight is 352 g/mol. The second-order valence-corrected chi connectivity index (χ2v) is 4.97. The van der Waals surface area contributed by atoms with E-state index in [1.54, 1.807) is 11.9 Å². The molecule has 108 valence electrons. The number of rotatable bonds is 6. The molecule has 0 bridgehead atoms. The predicted molar refractivity (Wildman–Crippen MR) is 82.8 cm³/mol. The summed E-state index contributed by atoms with van der Waals surface area (Å²) in [5.74, 6) is 0.792. The molecule has 0 aliphatic carbocycles. The number of hydrogen-bond donors (Lipinski definition) is 1. The Morgan fingerprint density at radius 3 is 2.68 bits per heavy atom. The van der Waals surface area contributed by atoms with E-state index in [-0.39, 0.29) is 24.4 Å². The smallest absolute Gasteiger partial charge is 0.226 e. The van der Waals surface area contributed by atoms with E-state index in [4.69, 9.17) is 10.5 Å². The molecule has 1 aromatic rings. The summed E-state index contributed by atoms with van der Waals surface area (Å²) in [6, 6.07) is 7.63. The third-order valence-corrected chi connectivity index (χ3v) is 3.46. The second-order valence-electron chi connectivity index (χ2n) is 4.12. The van der Waals surface area contributed by atoms with Crippen LogP contribution in [0.1, 0.15) is 13.3 Å². The largest absolute Gasteiger partial charge is 0.492 e. The van der Waals surface area contributed by atoms with Gasteiger partial charge in [-0.05, 0) is 35.0 Å². The minimum atomic E-state index is 0. The van der Waals surface area contributed by atoms with Crippen molar-refractivity contribution in [3.8, 4) is 5.75 Å². The van der Waals surface area contributed by atoms with Crippen LogP contribution in [0.5, 0.6) is 5.75 Å². The fraction of sp³-hybridized carbons (Fsp3) is 0.462. The number of para-hydroxylation sites is 1. The highest BCUT2D eigenvalue weighted by Gasteiger charge is 2.14. The normalized spacial score (nSPS) is 11.4. The zero-order valence-corrected chi connectivity index (χ0v) is 13.5. The lowest BCUT2D eigenvalue weighted by atomic mass is 10.2. The summed E-state index contributed by atoms with van der Waals surface area (Å²) >= 11 is 3.39. The van der Waals surface area contributed by atoms with Crippen LogP contribution in [-0.2, 0) is 4.79 Å².